The van der Waals surface area contributed by atoms with E-state index < -0.39 is 0 Å². The van der Waals surface area contributed by atoms with E-state index in [4.69, 9.17) is 4.42 Å². The number of nitrogens with zero attached hydrogens (tertiary/aromatic N) is 1. The molecule has 2 unspecified atom stereocenters. The van der Waals surface area contributed by atoms with E-state index in [1.165, 1.54) is 13.5 Å². The summed E-state index contributed by atoms with van der Waals surface area (Å²) < 4.78 is 10.5. The Hall–Kier alpha value is -1.62. The molecule has 2 heterocycles. The number of aromatic nitrogens is 1. The molecule has 0 saturated heterocycles. The highest BCUT2D eigenvalue weighted by Gasteiger charge is 2.36. The molecule has 2 aromatic rings. The minimum absolute atomic E-state index is 0.206. The lowest BCUT2D eigenvalue weighted by Gasteiger charge is -1.95. The quantitative estimate of drug-likeness (QED) is 0.789. The summed E-state index contributed by atoms with van der Waals surface area (Å²) in [7, 11) is 1.40. The molecular weight excluding hydrogens is 274 g/mol. The van der Waals surface area contributed by atoms with Crippen LogP contribution < -0.4 is 0 Å². The Morgan fingerprint density at radius 3 is 3.05 bits per heavy atom. The smallest absolute Gasteiger partial charge is 0.305 e. The molecule has 1 fully saturated rings. The minimum Gasteiger partial charge on any atom is -0.469 e. The third kappa shape index (κ3) is 2.77. The number of rotatable bonds is 5. The van der Waals surface area contributed by atoms with Gasteiger partial charge in [0.15, 0.2) is 10.8 Å². The molecule has 0 N–H and O–H groups in total. The number of thiazole rings is 1. The predicted molar refractivity (Wildman–Crippen MR) is 76.7 cm³/mol. The number of aryl methyl sites for hydroxylation is 1. The Balaban J connectivity index is 1.67. The lowest BCUT2D eigenvalue weighted by molar-refractivity contribution is -0.140. The average Bonchev–Trinajstić information content (AvgIpc) is 2.90. The number of ether oxygens (including phenoxy) is 1. The summed E-state index contributed by atoms with van der Waals surface area (Å²) in [5.74, 6) is 3.01. The average molecular weight is 291 g/mol. The molecule has 1 saturated carbocycles. The summed E-state index contributed by atoms with van der Waals surface area (Å²) in [4.78, 5) is 15.6. The molecule has 0 amide bonds. The molecular formula is C15H17NO3S. The predicted octanol–water partition coefficient (Wildman–Crippen LogP) is 3.63. The van der Waals surface area contributed by atoms with Gasteiger partial charge in [0.25, 0.3) is 0 Å². The maximum Gasteiger partial charge on any atom is 0.305 e. The lowest BCUT2D eigenvalue weighted by Crippen LogP contribution is -2.01. The molecule has 1 aliphatic rings. The van der Waals surface area contributed by atoms with Gasteiger partial charge in [-0.3, -0.25) is 4.79 Å². The van der Waals surface area contributed by atoms with Crippen LogP contribution in [0.2, 0.25) is 0 Å². The van der Waals surface area contributed by atoms with Crippen LogP contribution >= 0.6 is 11.3 Å². The number of hydrogen-bond acceptors (Lipinski definition) is 5. The highest BCUT2D eigenvalue weighted by Crippen LogP contribution is 2.48. The standard InChI is InChI=1S/C15H17NO3S/c1-9-7-11(9)12-4-5-13(19-12)15-16-10(8-20-15)3-6-14(17)18-2/h4-5,8-9,11H,3,6-7H2,1-2H3. The van der Waals surface area contributed by atoms with Gasteiger partial charge in [-0.15, -0.1) is 11.3 Å². The Bertz CT molecular complexity index is 616. The van der Waals surface area contributed by atoms with Crippen LogP contribution in [0.15, 0.2) is 21.9 Å². The van der Waals surface area contributed by atoms with Gasteiger partial charge in [0.1, 0.15) is 5.76 Å². The van der Waals surface area contributed by atoms with Crippen LogP contribution in [0.1, 0.15) is 37.1 Å². The zero-order chi connectivity index (χ0) is 14.1. The van der Waals surface area contributed by atoms with Gasteiger partial charge < -0.3 is 9.15 Å². The van der Waals surface area contributed by atoms with Gasteiger partial charge in [0, 0.05) is 17.7 Å². The van der Waals surface area contributed by atoms with E-state index >= 15 is 0 Å². The molecule has 3 rings (SSSR count). The number of methoxy groups -OCH3 is 1. The summed E-state index contributed by atoms with van der Waals surface area (Å²) >= 11 is 1.55. The molecule has 0 aromatic carbocycles. The first-order valence-electron chi connectivity index (χ1n) is 6.78. The molecule has 0 aliphatic heterocycles. The molecule has 2 atom stereocenters. The summed E-state index contributed by atoms with van der Waals surface area (Å²) in [6.07, 6.45) is 2.19. The largest absolute Gasteiger partial charge is 0.469 e. The lowest BCUT2D eigenvalue weighted by atomic mass is 10.2. The van der Waals surface area contributed by atoms with Crippen LogP contribution in [0.3, 0.4) is 0 Å². The first-order chi connectivity index (χ1) is 9.67. The van der Waals surface area contributed by atoms with Crippen LogP contribution in [0, 0.1) is 5.92 Å². The van der Waals surface area contributed by atoms with Crippen molar-refractivity contribution >= 4 is 17.3 Å². The van der Waals surface area contributed by atoms with E-state index in [-0.39, 0.29) is 5.97 Å². The van der Waals surface area contributed by atoms with Gasteiger partial charge in [-0.05, 0) is 24.5 Å². The van der Waals surface area contributed by atoms with Crippen molar-refractivity contribution in [2.75, 3.05) is 7.11 Å². The van der Waals surface area contributed by atoms with Gasteiger partial charge in [-0.2, -0.15) is 0 Å². The zero-order valence-corrected chi connectivity index (χ0v) is 12.4. The van der Waals surface area contributed by atoms with E-state index in [0.717, 1.165) is 28.1 Å². The second-order valence-corrected chi connectivity index (χ2v) is 6.10. The van der Waals surface area contributed by atoms with Crippen molar-refractivity contribution in [1.29, 1.82) is 0 Å². The topological polar surface area (TPSA) is 52.3 Å². The third-order valence-corrected chi connectivity index (χ3v) is 4.58. The molecule has 0 radical (unpaired) electrons. The fourth-order valence-electron chi connectivity index (χ4n) is 2.25. The van der Waals surface area contributed by atoms with Crippen molar-refractivity contribution in [2.45, 2.75) is 32.1 Å². The first kappa shape index (κ1) is 13.4. The van der Waals surface area contributed by atoms with Crippen LogP contribution in [-0.4, -0.2) is 18.1 Å². The van der Waals surface area contributed by atoms with Crippen molar-refractivity contribution in [3.05, 3.63) is 29.0 Å². The highest BCUT2D eigenvalue weighted by molar-refractivity contribution is 7.13. The molecule has 1 aliphatic carbocycles. The van der Waals surface area contributed by atoms with Gasteiger partial charge in [0.05, 0.1) is 19.2 Å². The Labute approximate surface area is 121 Å². The molecule has 106 valence electrons. The maximum absolute atomic E-state index is 11.1. The number of furan rings is 1. The molecule has 2 aromatic heterocycles. The monoisotopic (exact) mass is 291 g/mol. The van der Waals surface area contributed by atoms with Crippen LogP contribution in [-0.2, 0) is 16.0 Å². The van der Waals surface area contributed by atoms with E-state index in [2.05, 4.69) is 22.7 Å². The highest BCUT2D eigenvalue weighted by atomic mass is 32.1. The summed E-state index contributed by atoms with van der Waals surface area (Å²) in [5, 5.41) is 2.85. The number of esters is 1. The van der Waals surface area contributed by atoms with E-state index in [9.17, 15) is 4.79 Å². The Kier molecular flexibility index (Phi) is 3.61. The van der Waals surface area contributed by atoms with Crippen molar-refractivity contribution in [2.24, 2.45) is 5.92 Å². The van der Waals surface area contributed by atoms with Crippen molar-refractivity contribution in [3.63, 3.8) is 0 Å². The molecule has 5 heteroatoms. The van der Waals surface area contributed by atoms with E-state index in [0.29, 0.717) is 18.8 Å². The van der Waals surface area contributed by atoms with E-state index in [1.807, 2.05) is 11.4 Å². The Morgan fingerprint density at radius 2 is 2.35 bits per heavy atom. The number of carbonyl (C=O) groups excluding carboxylic acids is 1. The third-order valence-electron chi connectivity index (χ3n) is 3.68. The van der Waals surface area contributed by atoms with Crippen LogP contribution in [0.4, 0.5) is 0 Å². The van der Waals surface area contributed by atoms with Crippen molar-refractivity contribution in [3.8, 4) is 10.8 Å². The second-order valence-electron chi connectivity index (χ2n) is 5.24. The van der Waals surface area contributed by atoms with Gasteiger partial charge in [0.2, 0.25) is 0 Å². The minimum atomic E-state index is -0.206. The zero-order valence-electron chi connectivity index (χ0n) is 11.6. The molecule has 0 spiro atoms. The SMILES string of the molecule is COC(=O)CCc1csc(-c2ccc(C3CC3C)o2)n1. The molecule has 0 bridgehead atoms. The second kappa shape index (κ2) is 5.40. The molecule has 20 heavy (non-hydrogen) atoms. The van der Waals surface area contributed by atoms with Gasteiger partial charge in [-0.25, -0.2) is 4.98 Å². The van der Waals surface area contributed by atoms with Gasteiger partial charge >= 0.3 is 5.97 Å². The maximum atomic E-state index is 11.1. The molecule has 4 nitrogen and oxygen atoms in total. The fraction of sp³-hybridized carbons (Fsp3) is 0.467. The summed E-state index contributed by atoms with van der Waals surface area (Å²) in [5.41, 5.74) is 0.910. The summed E-state index contributed by atoms with van der Waals surface area (Å²) in [6, 6.07) is 4.04. The fourth-order valence-corrected chi connectivity index (χ4v) is 3.07. The van der Waals surface area contributed by atoms with Gasteiger partial charge in [-0.1, -0.05) is 6.92 Å². The van der Waals surface area contributed by atoms with E-state index in [1.54, 1.807) is 11.3 Å². The normalized spacial score (nSPS) is 20.9. The van der Waals surface area contributed by atoms with Crippen LogP contribution in [0.25, 0.3) is 10.8 Å². The van der Waals surface area contributed by atoms with Crippen molar-refractivity contribution in [1.82, 2.24) is 4.98 Å². The number of hydrogen-bond donors (Lipinski definition) is 0. The summed E-state index contributed by atoms with van der Waals surface area (Å²) in [6.45, 7) is 2.24. The van der Waals surface area contributed by atoms with Crippen molar-refractivity contribution < 1.29 is 13.9 Å². The first-order valence-corrected chi connectivity index (χ1v) is 7.66. The number of carbonyl (C=O) groups is 1. The van der Waals surface area contributed by atoms with Crippen LogP contribution in [0.5, 0.6) is 0 Å². The Morgan fingerprint density at radius 1 is 1.55 bits per heavy atom.